The molecule has 1 aromatic carbocycles. The molecular weight excluding hydrogens is 316 g/mol. The van der Waals surface area contributed by atoms with Crippen LogP contribution in [0.5, 0.6) is 0 Å². The Bertz CT molecular complexity index is 731. The van der Waals surface area contributed by atoms with Crippen LogP contribution >= 0.6 is 0 Å². The molecule has 1 saturated heterocycles. The maximum atomic E-state index is 12.6. The molecule has 1 aliphatic heterocycles. The Morgan fingerprint density at radius 3 is 2.64 bits per heavy atom. The number of nitrogens with one attached hydrogen (secondary N) is 1. The molecule has 1 atom stereocenters. The van der Waals surface area contributed by atoms with E-state index in [4.69, 9.17) is 0 Å². The molecule has 3 rings (SSSR count). The van der Waals surface area contributed by atoms with Gasteiger partial charge in [-0.1, -0.05) is 0 Å². The third-order valence-corrected chi connectivity index (χ3v) is 4.98. The van der Waals surface area contributed by atoms with Crippen molar-refractivity contribution in [2.24, 2.45) is 13.0 Å². The summed E-state index contributed by atoms with van der Waals surface area (Å²) in [6, 6.07) is 7.53. The highest BCUT2D eigenvalue weighted by Gasteiger charge is 2.35. The molecule has 1 fully saturated rings. The summed E-state index contributed by atoms with van der Waals surface area (Å²) in [5, 5.41) is 13.4. The van der Waals surface area contributed by atoms with Crippen molar-refractivity contribution in [3.8, 4) is 0 Å². The summed E-state index contributed by atoms with van der Waals surface area (Å²) in [7, 11) is 1.96. The van der Waals surface area contributed by atoms with Gasteiger partial charge in [0.05, 0.1) is 12.1 Å². The molecule has 1 aliphatic rings. The number of likely N-dealkylation sites (tertiary alicyclic amines) is 1. The average Bonchev–Trinajstić information content (AvgIpc) is 3.21. The lowest BCUT2D eigenvalue weighted by molar-refractivity contribution is 0.0211. The van der Waals surface area contributed by atoms with Crippen LogP contribution in [0.3, 0.4) is 0 Å². The van der Waals surface area contributed by atoms with Crippen LogP contribution in [0.1, 0.15) is 36.5 Å². The van der Waals surface area contributed by atoms with E-state index in [-0.39, 0.29) is 11.8 Å². The summed E-state index contributed by atoms with van der Waals surface area (Å²) in [5.74, 6) is 1.12. The Morgan fingerprint density at radius 2 is 2.08 bits per heavy atom. The molecule has 134 valence electrons. The van der Waals surface area contributed by atoms with Crippen LogP contribution in [0.15, 0.2) is 36.7 Å². The molecule has 1 amide bonds. The minimum absolute atomic E-state index is 0.0300. The molecule has 0 aliphatic carbocycles. The van der Waals surface area contributed by atoms with E-state index >= 15 is 0 Å². The van der Waals surface area contributed by atoms with E-state index in [0.717, 1.165) is 17.9 Å². The van der Waals surface area contributed by atoms with E-state index in [1.807, 2.05) is 60.8 Å². The first-order valence-corrected chi connectivity index (χ1v) is 8.66. The van der Waals surface area contributed by atoms with Gasteiger partial charge in [0.1, 0.15) is 5.82 Å². The number of carbonyl (C=O) groups excluding carboxylic acids is 1. The summed E-state index contributed by atoms with van der Waals surface area (Å²) in [6.45, 7) is 5.58. The fourth-order valence-corrected chi connectivity index (χ4v) is 3.18. The van der Waals surface area contributed by atoms with Crippen LogP contribution in [-0.4, -0.2) is 44.2 Å². The number of hydrogen-bond donors (Lipinski definition) is 2. The third-order valence-electron chi connectivity index (χ3n) is 4.98. The summed E-state index contributed by atoms with van der Waals surface area (Å²) < 4.78 is 1.97. The maximum absolute atomic E-state index is 12.6. The van der Waals surface area contributed by atoms with Crippen molar-refractivity contribution < 1.29 is 9.90 Å². The van der Waals surface area contributed by atoms with Gasteiger partial charge in [0, 0.05) is 49.7 Å². The maximum Gasteiger partial charge on any atom is 0.253 e. The van der Waals surface area contributed by atoms with Gasteiger partial charge in [0.25, 0.3) is 5.91 Å². The van der Waals surface area contributed by atoms with Crippen molar-refractivity contribution in [3.63, 3.8) is 0 Å². The van der Waals surface area contributed by atoms with E-state index in [2.05, 4.69) is 10.3 Å². The highest BCUT2D eigenvalue weighted by molar-refractivity contribution is 5.94. The highest BCUT2D eigenvalue weighted by atomic mass is 16.3. The Morgan fingerprint density at radius 1 is 1.36 bits per heavy atom. The minimum atomic E-state index is -0.742. The molecule has 1 aromatic heterocycles. The number of benzene rings is 1. The molecule has 6 heteroatoms. The van der Waals surface area contributed by atoms with Crippen LogP contribution in [0.4, 0.5) is 5.69 Å². The summed E-state index contributed by atoms with van der Waals surface area (Å²) in [4.78, 5) is 18.7. The molecule has 25 heavy (non-hydrogen) atoms. The zero-order valence-corrected chi connectivity index (χ0v) is 15.1. The van der Waals surface area contributed by atoms with Gasteiger partial charge in [0.2, 0.25) is 0 Å². The second-order valence-corrected chi connectivity index (χ2v) is 7.28. The van der Waals surface area contributed by atoms with Crippen molar-refractivity contribution >= 4 is 11.6 Å². The number of imidazole rings is 1. The van der Waals surface area contributed by atoms with Gasteiger partial charge in [-0.15, -0.1) is 0 Å². The monoisotopic (exact) mass is 342 g/mol. The molecule has 0 radical (unpaired) electrons. The second kappa shape index (κ2) is 6.88. The molecule has 2 N–H and O–H groups in total. The lowest BCUT2D eigenvalue weighted by Crippen LogP contribution is -2.35. The van der Waals surface area contributed by atoms with Gasteiger partial charge >= 0.3 is 0 Å². The van der Waals surface area contributed by atoms with Gasteiger partial charge in [-0.3, -0.25) is 4.79 Å². The molecular formula is C19H26N4O2. The van der Waals surface area contributed by atoms with Crippen molar-refractivity contribution in [2.45, 2.75) is 32.4 Å². The van der Waals surface area contributed by atoms with Crippen LogP contribution in [0, 0.1) is 5.92 Å². The van der Waals surface area contributed by atoms with E-state index < -0.39 is 5.60 Å². The van der Waals surface area contributed by atoms with Crippen molar-refractivity contribution in [3.05, 3.63) is 48.0 Å². The van der Waals surface area contributed by atoms with Crippen LogP contribution in [0.2, 0.25) is 0 Å². The Hall–Kier alpha value is -2.34. The quantitative estimate of drug-likeness (QED) is 0.874. The Balaban J connectivity index is 1.59. The van der Waals surface area contributed by atoms with Gasteiger partial charge in [-0.05, 0) is 44.5 Å². The highest BCUT2D eigenvalue weighted by Crippen LogP contribution is 2.28. The molecule has 0 spiro atoms. The van der Waals surface area contributed by atoms with E-state index in [0.29, 0.717) is 25.2 Å². The summed E-state index contributed by atoms with van der Waals surface area (Å²) in [5.41, 5.74) is 0.891. The number of aliphatic hydroxyl groups is 1. The molecule has 0 saturated carbocycles. The largest absolute Gasteiger partial charge is 0.390 e. The molecule has 2 aromatic rings. The number of aryl methyl sites for hydroxylation is 1. The molecule has 6 nitrogen and oxygen atoms in total. The van der Waals surface area contributed by atoms with Gasteiger partial charge in [0.15, 0.2) is 0 Å². The first kappa shape index (κ1) is 17.5. The number of carbonyl (C=O) groups is 1. The fraction of sp³-hybridized carbons (Fsp3) is 0.474. The normalized spacial score (nSPS) is 17.8. The second-order valence-electron chi connectivity index (χ2n) is 7.28. The smallest absolute Gasteiger partial charge is 0.253 e. The number of hydrogen-bond acceptors (Lipinski definition) is 4. The topological polar surface area (TPSA) is 70.4 Å². The molecule has 2 heterocycles. The average molecular weight is 342 g/mol. The van der Waals surface area contributed by atoms with Crippen LogP contribution < -0.4 is 5.32 Å². The van der Waals surface area contributed by atoms with E-state index in [1.165, 1.54) is 0 Å². The lowest BCUT2D eigenvalue weighted by Gasteiger charge is -2.25. The SMILES string of the molecule is Cn1ccnc1CNc1ccc(C(=O)N2CCC(C(C)(C)O)C2)cc1. The van der Waals surface area contributed by atoms with Gasteiger partial charge < -0.3 is 19.9 Å². The molecule has 1 unspecified atom stereocenters. The predicted octanol–water partition coefficient (Wildman–Crippen LogP) is 2.27. The van der Waals surface area contributed by atoms with E-state index in [1.54, 1.807) is 6.20 Å². The van der Waals surface area contributed by atoms with Crippen molar-refractivity contribution in [1.82, 2.24) is 14.5 Å². The van der Waals surface area contributed by atoms with Crippen LogP contribution in [-0.2, 0) is 13.6 Å². The molecule has 0 bridgehead atoms. The zero-order valence-electron chi connectivity index (χ0n) is 15.1. The van der Waals surface area contributed by atoms with Crippen molar-refractivity contribution in [1.29, 1.82) is 0 Å². The minimum Gasteiger partial charge on any atom is -0.390 e. The summed E-state index contributed by atoms with van der Waals surface area (Å²) >= 11 is 0. The Kier molecular flexibility index (Phi) is 4.81. The fourth-order valence-electron chi connectivity index (χ4n) is 3.18. The van der Waals surface area contributed by atoms with Crippen molar-refractivity contribution in [2.75, 3.05) is 18.4 Å². The third kappa shape index (κ3) is 4.02. The summed E-state index contributed by atoms with van der Waals surface area (Å²) in [6.07, 6.45) is 4.53. The van der Waals surface area contributed by atoms with Gasteiger partial charge in [-0.2, -0.15) is 0 Å². The first-order chi connectivity index (χ1) is 11.8. The number of rotatable bonds is 5. The van der Waals surface area contributed by atoms with Crippen LogP contribution in [0.25, 0.3) is 0 Å². The number of aromatic nitrogens is 2. The van der Waals surface area contributed by atoms with E-state index in [9.17, 15) is 9.90 Å². The number of anilines is 1. The number of nitrogens with zero attached hydrogens (tertiary/aromatic N) is 3. The van der Waals surface area contributed by atoms with Gasteiger partial charge in [-0.25, -0.2) is 4.98 Å². The first-order valence-electron chi connectivity index (χ1n) is 8.66. The number of amides is 1. The lowest BCUT2D eigenvalue weighted by atomic mass is 9.90. The standard InChI is InChI=1S/C19H26N4O2/c1-19(2,25)15-8-10-23(13-15)18(24)14-4-6-16(7-5-14)21-12-17-20-9-11-22(17)3/h4-7,9,11,15,21,25H,8,10,12-13H2,1-3H3. The zero-order chi connectivity index (χ0) is 18.0. The predicted molar refractivity (Wildman–Crippen MR) is 97.3 cm³/mol. The Labute approximate surface area is 148 Å².